The average molecular weight is 481 g/mol. The topological polar surface area (TPSA) is 80.1 Å². The maximum absolute atomic E-state index is 11.8. The summed E-state index contributed by atoms with van der Waals surface area (Å²) in [6.45, 7) is 1.87. The van der Waals surface area contributed by atoms with Gasteiger partial charge in [-0.3, -0.25) is 3.97 Å². The van der Waals surface area contributed by atoms with Crippen molar-refractivity contribution < 1.29 is 8.42 Å². The maximum Gasteiger partial charge on any atom is 0.211 e. The molecule has 7 nitrogen and oxygen atoms in total. The highest BCUT2D eigenvalue weighted by Gasteiger charge is 2.35. The van der Waals surface area contributed by atoms with Crippen molar-refractivity contribution in [1.82, 2.24) is 18.7 Å². The van der Waals surface area contributed by atoms with E-state index in [2.05, 4.69) is 40.8 Å². The van der Waals surface area contributed by atoms with Gasteiger partial charge in [-0.1, -0.05) is 6.92 Å². The first-order valence-corrected chi connectivity index (χ1v) is 12.8. The molecule has 0 atom stereocenters. The molecule has 0 saturated heterocycles. The maximum atomic E-state index is 11.8. The van der Waals surface area contributed by atoms with Gasteiger partial charge in [0.25, 0.3) is 0 Å². The third kappa shape index (κ3) is 3.65. The molecule has 2 aromatic heterocycles. The lowest BCUT2D eigenvalue weighted by Gasteiger charge is -2.41. The summed E-state index contributed by atoms with van der Waals surface area (Å²) in [6, 6.07) is 2.33. The normalized spacial score (nSPS) is 21.0. The van der Waals surface area contributed by atoms with Crippen LogP contribution in [0.1, 0.15) is 26.2 Å². The number of hydrogen-bond donors (Lipinski definition) is 1. The van der Waals surface area contributed by atoms with Crippen molar-refractivity contribution >= 4 is 57.2 Å². The van der Waals surface area contributed by atoms with Gasteiger partial charge in [-0.25, -0.2) is 23.1 Å². The lowest BCUT2D eigenvalue weighted by atomic mass is 9.86. The van der Waals surface area contributed by atoms with Crippen LogP contribution in [0.15, 0.2) is 18.6 Å². The lowest BCUT2D eigenvalue weighted by molar-refractivity contribution is 0.316. The van der Waals surface area contributed by atoms with Crippen LogP contribution in [0.5, 0.6) is 0 Å². The quantitative estimate of drug-likeness (QED) is 0.613. The molecule has 0 aliphatic heterocycles. The lowest BCUT2D eigenvalue weighted by Crippen LogP contribution is -2.53. The van der Waals surface area contributed by atoms with Crippen molar-refractivity contribution in [1.29, 1.82) is 0 Å². The molecule has 2 heterocycles. The summed E-state index contributed by atoms with van der Waals surface area (Å²) in [7, 11) is 0.436. The number of hydrogen-bond acceptors (Lipinski definition) is 6. The van der Waals surface area contributed by atoms with Crippen molar-refractivity contribution in [2.75, 3.05) is 17.7 Å². The van der Waals surface area contributed by atoms with Crippen LogP contribution in [0.4, 0.5) is 5.82 Å². The molecule has 1 aliphatic carbocycles. The van der Waals surface area contributed by atoms with Crippen LogP contribution in [-0.4, -0.2) is 47.2 Å². The fourth-order valence-corrected chi connectivity index (χ4v) is 5.63. The van der Waals surface area contributed by atoms with E-state index in [4.69, 9.17) is 0 Å². The fourth-order valence-electron chi connectivity index (χ4n) is 3.01. The Bertz CT molecular complexity index is 820. The molecule has 3 rings (SSSR count). The van der Waals surface area contributed by atoms with Crippen LogP contribution < -0.4 is 9.62 Å². The number of anilines is 1. The Kier molecular flexibility index (Phi) is 5.57. The van der Waals surface area contributed by atoms with Gasteiger partial charge in [-0.2, -0.15) is 0 Å². The molecule has 1 N–H and O–H groups in total. The number of aromatic nitrogens is 3. The van der Waals surface area contributed by atoms with Gasteiger partial charge >= 0.3 is 0 Å². The van der Waals surface area contributed by atoms with Gasteiger partial charge in [-0.05, 0) is 25.3 Å². The molecule has 2 aromatic rings. The summed E-state index contributed by atoms with van der Waals surface area (Å²) in [6.07, 6.45) is 5.80. The van der Waals surface area contributed by atoms with E-state index in [9.17, 15) is 8.42 Å². The summed E-state index contributed by atoms with van der Waals surface area (Å²) in [5, 5.41) is 1.01. The van der Waals surface area contributed by atoms with E-state index in [1.54, 1.807) is 15.4 Å². The van der Waals surface area contributed by atoms with Crippen LogP contribution in [0.25, 0.3) is 11.0 Å². The van der Waals surface area contributed by atoms with Gasteiger partial charge in [0, 0.05) is 55.7 Å². The summed E-state index contributed by atoms with van der Waals surface area (Å²) < 4.78 is 28.5. The van der Waals surface area contributed by atoms with Crippen LogP contribution >= 0.6 is 30.3 Å². The highest BCUT2D eigenvalue weighted by Crippen LogP contribution is 2.33. The molecule has 0 radical (unpaired) electrons. The number of sulfonamides is 1. The first kappa shape index (κ1) is 18.2. The first-order chi connectivity index (χ1) is 11.4. The second-order valence-electron chi connectivity index (χ2n) is 6.01. The van der Waals surface area contributed by atoms with Crippen LogP contribution in [-0.2, 0) is 10.0 Å². The first-order valence-electron chi connectivity index (χ1n) is 7.79. The molecule has 0 aromatic carbocycles. The smallest absolute Gasteiger partial charge is 0.211 e. The van der Waals surface area contributed by atoms with Crippen molar-refractivity contribution in [3.8, 4) is 0 Å². The molecule has 132 valence electrons. The molecule has 1 saturated carbocycles. The molecule has 1 aliphatic rings. The summed E-state index contributed by atoms with van der Waals surface area (Å²) in [5.41, 5.74) is 0.894. The minimum atomic E-state index is -3.14. The second-order valence-corrected chi connectivity index (χ2v) is 9.60. The van der Waals surface area contributed by atoms with E-state index in [0.29, 0.717) is 6.42 Å². The highest BCUT2D eigenvalue weighted by molar-refractivity contribution is 14.2. The Morgan fingerprint density at radius 2 is 2.21 bits per heavy atom. The van der Waals surface area contributed by atoms with Crippen molar-refractivity contribution in [3.63, 3.8) is 0 Å². The Labute approximate surface area is 158 Å². The van der Waals surface area contributed by atoms with E-state index < -0.39 is 10.0 Å². The average Bonchev–Trinajstić information content (AvgIpc) is 2.93. The van der Waals surface area contributed by atoms with E-state index in [1.165, 1.54) is 0 Å². The molecule has 0 unspecified atom stereocenters. The number of nitrogens with zero attached hydrogens (tertiary/aromatic N) is 4. The standard InChI is InChI=1S/C14H20IN5O2S2/c1-3-6-24(21,22)18-10-7-11(8-10)19(2)13-12-4-5-20(23-15)14(12)17-9-16-13/h4-5,9-11,18H,3,6-8H2,1-2H3. The summed E-state index contributed by atoms with van der Waals surface area (Å²) in [4.78, 5) is 10.9. The Morgan fingerprint density at radius 1 is 1.46 bits per heavy atom. The number of fused-ring (bicyclic) bond motifs is 1. The third-order valence-electron chi connectivity index (χ3n) is 4.32. The van der Waals surface area contributed by atoms with E-state index in [0.717, 1.165) is 29.7 Å². The third-order valence-corrected chi connectivity index (χ3v) is 7.67. The van der Waals surface area contributed by atoms with Crippen LogP contribution in [0.2, 0.25) is 0 Å². The predicted molar refractivity (Wildman–Crippen MR) is 107 cm³/mol. The Balaban J connectivity index is 1.69. The zero-order chi connectivity index (χ0) is 17.3. The largest absolute Gasteiger partial charge is 0.356 e. The zero-order valence-electron chi connectivity index (χ0n) is 13.5. The van der Waals surface area contributed by atoms with Gasteiger partial charge in [0.05, 0.1) is 11.1 Å². The highest BCUT2D eigenvalue weighted by atomic mass is 127. The minimum absolute atomic E-state index is 0.0285. The van der Waals surface area contributed by atoms with Gasteiger partial charge in [0.1, 0.15) is 12.1 Å². The SMILES string of the molecule is CCCS(=O)(=O)NC1CC(N(C)c2ncnc3c2ccn3SI)C1. The van der Waals surface area contributed by atoms with Crippen molar-refractivity contribution in [2.24, 2.45) is 0 Å². The summed E-state index contributed by atoms with van der Waals surface area (Å²) >= 11 is 2.22. The predicted octanol–water partition coefficient (Wildman–Crippen LogP) is 2.57. The molecular formula is C14H20IN5O2S2. The van der Waals surface area contributed by atoms with Crippen LogP contribution in [0, 0.1) is 0 Å². The molecular weight excluding hydrogens is 461 g/mol. The van der Waals surface area contributed by atoms with Gasteiger partial charge in [0.15, 0.2) is 5.65 Å². The van der Waals surface area contributed by atoms with Gasteiger partial charge in [0.2, 0.25) is 10.0 Å². The molecule has 0 spiro atoms. The molecule has 1 fully saturated rings. The molecule has 24 heavy (non-hydrogen) atoms. The minimum Gasteiger partial charge on any atom is -0.356 e. The molecule has 10 heteroatoms. The number of rotatable bonds is 7. The second kappa shape index (κ2) is 7.34. The monoisotopic (exact) mass is 481 g/mol. The Hall–Kier alpha value is -0.590. The number of halogens is 1. The Morgan fingerprint density at radius 3 is 2.88 bits per heavy atom. The number of nitrogens with one attached hydrogen (secondary N) is 1. The van der Waals surface area contributed by atoms with Gasteiger partial charge in [-0.15, -0.1) is 0 Å². The zero-order valence-corrected chi connectivity index (χ0v) is 17.3. The van der Waals surface area contributed by atoms with Crippen LogP contribution in [0.3, 0.4) is 0 Å². The van der Waals surface area contributed by atoms with Gasteiger partial charge < -0.3 is 4.90 Å². The summed E-state index contributed by atoms with van der Waals surface area (Å²) in [5.74, 6) is 1.09. The van der Waals surface area contributed by atoms with Crippen molar-refractivity contribution in [3.05, 3.63) is 18.6 Å². The molecule has 0 bridgehead atoms. The van der Waals surface area contributed by atoms with E-state index >= 15 is 0 Å². The van der Waals surface area contributed by atoms with Crippen molar-refractivity contribution in [2.45, 2.75) is 38.3 Å². The molecule has 0 amide bonds. The van der Waals surface area contributed by atoms with E-state index in [1.807, 2.05) is 30.2 Å². The fraction of sp³-hybridized carbons (Fsp3) is 0.571. The van der Waals surface area contributed by atoms with E-state index in [-0.39, 0.29) is 17.8 Å².